The van der Waals surface area contributed by atoms with E-state index in [1.807, 2.05) is 20.0 Å². The number of aliphatic imine (C=N–C) groups is 1. The van der Waals surface area contributed by atoms with Crippen molar-refractivity contribution in [1.29, 1.82) is 0 Å². The van der Waals surface area contributed by atoms with Crippen molar-refractivity contribution in [1.82, 2.24) is 25.3 Å². The smallest absolute Gasteiger partial charge is 0.416 e. The van der Waals surface area contributed by atoms with Crippen LogP contribution in [0.3, 0.4) is 0 Å². The molecule has 0 spiro atoms. The number of fused-ring (bicyclic) bond motifs is 4. The maximum atomic E-state index is 14.2. The zero-order chi connectivity index (χ0) is 56.7. The maximum absolute atomic E-state index is 14.2. The molecule has 0 fully saturated rings. The fourth-order valence-electron chi connectivity index (χ4n) is 9.78. The summed E-state index contributed by atoms with van der Waals surface area (Å²) in [6.45, 7) is 9.12. The lowest BCUT2D eigenvalue weighted by Gasteiger charge is -2.31. The summed E-state index contributed by atoms with van der Waals surface area (Å²) in [4.78, 5) is 114. The average molecular weight is 1090 g/mol. The summed E-state index contributed by atoms with van der Waals surface area (Å²) in [6, 6.07) is 9.75. The molecule has 0 aliphatic carbocycles. The summed E-state index contributed by atoms with van der Waals surface area (Å²) in [5, 5.41) is 20.1. The molecule has 5 heterocycles. The van der Waals surface area contributed by atoms with Crippen molar-refractivity contribution >= 4 is 70.7 Å². The van der Waals surface area contributed by atoms with Crippen LogP contribution in [0.2, 0.25) is 0 Å². The molecule has 8 rings (SSSR count). The van der Waals surface area contributed by atoms with Crippen LogP contribution in [-0.2, 0) is 35.3 Å². The Labute approximate surface area is 457 Å². The molecular weight excluding hydrogens is 1020 g/mol. The van der Waals surface area contributed by atoms with Gasteiger partial charge in [0.1, 0.15) is 18.7 Å². The number of nitrogens with one attached hydrogen (secondary N) is 3. The van der Waals surface area contributed by atoms with Crippen LogP contribution in [-0.4, -0.2) is 138 Å². The van der Waals surface area contributed by atoms with E-state index in [0.29, 0.717) is 72.5 Å². The summed E-state index contributed by atoms with van der Waals surface area (Å²) >= 11 is 0. The second-order valence-corrected chi connectivity index (χ2v) is 20.3. The van der Waals surface area contributed by atoms with Gasteiger partial charge in [-0.1, -0.05) is 43.5 Å². The van der Waals surface area contributed by atoms with Gasteiger partial charge in [0, 0.05) is 68.0 Å². The Balaban J connectivity index is 0.855. The monoisotopic (exact) mass is 1090 g/mol. The highest BCUT2D eigenvalue weighted by Gasteiger charge is 2.45. The molecule has 4 N–H and O–H groups in total. The largest absolute Gasteiger partial charge is 0.493 e. The zero-order valence-corrected chi connectivity index (χ0v) is 45.2. The van der Waals surface area contributed by atoms with Crippen molar-refractivity contribution in [3.8, 4) is 23.0 Å². The molecule has 0 saturated heterocycles. The molecule has 8 amide bonds. The number of rotatable bonds is 22. The van der Waals surface area contributed by atoms with E-state index in [-0.39, 0.29) is 91.1 Å². The Bertz CT molecular complexity index is 3010. The van der Waals surface area contributed by atoms with Crippen LogP contribution in [0, 0.1) is 5.92 Å². The van der Waals surface area contributed by atoms with Crippen molar-refractivity contribution in [3.05, 3.63) is 101 Å². The van der Waals surface area contributed by atoms with Crippen LogP contribution in [0.25, 0.3) is 0 Å². The summed E-state index contributed by atoms with van der Waals surface area (Å²) in [5.74, 6) is -1.93. The normalized spacial score (nSPS) is 18.9. The van der Waals surface area contributed by atoms with Crippen molar-refractivity contribution in [3.63, 3.8) is 0 Å². The number of methoxy groups -OCH3 is 2. The molecule has 5 aliphatic heterocycles. The van der Waals surface area contributed by atoms with Gasteiger partial charge in [-0.25, -0.2) is 9.69 Å². The van der Waals surface area contributed by atoms with E-state index >= 15 is 0 Å². The molecule has 22 nitrogen and oxygen atoms in total. The highest BCUT2D eigenvalue weighted by Crippen LogP contribution is 2.43. The number of aliphatic hydroxyl groups excluding tert-OH is 1. The molecule has 0 bridgehead atoms. The third kappa shape index (κ3) is 12.9. The van der Waals surface area contributed by atoms with Crippen LogP contribution < -0.4 is 39.8 Å². The van der Waals surface area contributed by atoms with E-state index in [0.717, 1.165) is 20.9 Å². The first-order chi connectivity index (χ1) is 37.8. The van der Waals surface area contributed by atoms with E-state index in [4.69, 9.17) is 23.7 Å². The first kappa shape index (κ1) is 56.7. The summed E-state index contributed by atoms with van der Waals surface area (Å²) in [7, 11) is 2.91. The summed E-state index contributed by atoms with van der Waals surface area (Å²) in [5.41, 5.74) is 3.76. The Kier molecular flexibility index (Phi) is 17.8. The van der Waals surface area contributed by atoms with Gasteiger partial charge < -0.3 is 54.5 Å². The maximum Gasteiger partial charge on any atom is 0.416 e. The molecular formula is C57H66N8O14. The van der Waals surface area contributed by atoms with Crippen LogP contribution in [0.15, 0.2) is 89.2 Å². The molecule has 418 valence electrons. The second-order valence-electron chi connectivity index (χ2n) is 20.3. The lowest BCUT2D eigenvalue weighted by atomic mass is 10.0. The first-order valence-electron chi connectivity index (χ1n) is 26.3. The van der Waals surface area contributed by atoms with Gasteiger partial charge in [-0.2, -0.15) is 0 Å². The molecule has 3 aromatic carbocycles. The summed E-state index contributed by atoms with van der Waals surface area (Å²) in [6.07, 6.45) is 8.31. The van der Waals surface area contributed by atoms with Crippen molar-refractivity contribution in [2.45, 2.75) is 117 Å². The SMILES string of the molecule is COc1cc2c(cc1OCCCOc1cc3c(cc1OC)C(=O)N1C=C(C)C[C@H]1[C@H](O)N3C(=O)OCc1ccc(NC(=O)[C@H](C)NC(=O)[C@@H](NC(=O)CCCCCN3C(=O)C=CC3=O)C(C)C)cc1)N=C[C@@H]1CC(C)=CN1C2=O. The van der Waals surface area contributed by atoms with Gasteiger partial charge in [0.05, 0.1) is 62.0 Å². The standard InChI is InChI=1S/C57H66N8O14/c1-32(2)51(61-48(66)12-9-8-10-19-62-49(67)17-18-50(62)68)53(70)59-35(5)52(69)60-37-15-13-36(14-16-37)31-79-57(74)65-42-27-47(45(76-7)25-40(42)55(72)64-30-34(4)23-43(64)56(65)73)78-21-11-20-77-46-26-41-39(24-44(46)75-6)54(71)63-29-33(3)22-38(63)28-58-41/h13-18,24-30,32,35,38,43,51,56,73H,8-12,19-23,31H2,1-7H3,(H,59,70)(H,60,69)(H,61,66)/t35-,38-,43-,51-,56-/m0/s1. The van der Waals surface area contributed by atoms with E-state index in [2.05, 4.69) is 20.9 Å². The third-order valence-corrected chi connectivity index (χ3v) is 14.0. The third-order valence-electron chi connectivity index (χ3n) is 14.0. The minimum Gasteiger partial charge on any atom is -0.493 e. The number of imide groups is 1. The van der Waals surface area contributed by atoms with Crippen LogP contribution in [0.1, 0.15) is 106 Å². The molecule has 0 radical (unpaired) electrons. The van der Waals surface area contributed by atoms with Gasteiger partial charge >= 0.3 is 6.09 Å². The predicted octanol–water partition coefficient (Wildman–Crippen LogP) is 6.05. The molecule has 3 aromatic rings. The first-order valence-corrected chi connectivity index (χ1v) is 26.3. The molecule has 22 heteroatoms. The van der Waals surface area contributed by atoms with E-state index < -0.39 is 48.2 Å². The number of aliphatic hydroxyl groups is 1. The quantitative estimate of drug-likeness (QED) is 0.0660. The Morgan fingerprint density at radius 2 is 1.37 bits per heavy atom. The van der Waals surface area contributed by atoms with E-state index in [1.54, 1.807) is 67.6 Å². The number of amides is 8. The van der Waals surface area contributed by atoms with E-state index in [9.17, 15) is 43.5 Å². The van der Waals surface area contributed by atoms with E-state index in [1.165, 1.54) is 50.3 Å². The lowest BCUT2D eigenvalue weighted by molar-refractivity contribution is -0.137. The highest BCUT2D eigenvalue weighted by atomic mass is 16.6. The number of carbonyl (C=O) groups is 8. The fraction of sp³-hybridized carbons (Fsp3) is 0.421. The molecule has 0 unspecified atom stereocenters. The van der Waals surface area contributed by atoms with Crippen LogP contribution in [0.5, 0.6) is 23.0 Å². The average Bonchev–Trinajstić information content (AvgIpc) is 4.28. The number of hydrogen-bond donors (Lipinski definition) is 4. The number of nitrogens with zero attached hydrogens (tertiary/aromatic N) is 5. The second kappa shape index (κ2) is 24.9. The number of carbonyl (C=O) groups excluding carboxylic acids is 8. The number of ether oxygens (including phenoxy) is 5. The van der Waals surface area contributed by atoms with Crippen molar-refractivity contribution in [2.24, 2.45) is 10.9 Å². The molecule has 79 heavy (non-hydrogen) atoms. The molecule has 0 aromatic heterocycles. The Morgan fingerprint density at radius 1 is 0.734 bits per heavy atom. The number of hydrogen-bond acceptors (Lipinski definition) is 15. The van der Waals surface area contributed by atoms with Gasteiger partial charge in [0.25, 0.3) is 23.6 Å². The summed E-state index contributed by atoms with van der Waals surface area (Å²) < 4.78 is 29.4. The highest BCUT2D eigenvalue weighted by molar-refractivity contribution is 6.13. The van der Waals surface area contributed by atoms with Gasteiger partial charge in [-0.15, -0.1) is 0 Å². The zero-order valence-electron chi connectivity index (χ0n) is 45.2. The lowest BCUT2D eigenvalue weighted by Crippen LogP contribution is -2.53. The number of anilines is 2. The predicted molar refractivity (Wildman–Crippen MR) is 289 cm³/mol. The van der Waals surface area contributed by atoms with Crippen LogP contribution >= 0.6 is 0 Å². The Morgan fingerprint density at radius 3 is 2.04 bits per heavy atom. The van der Waals surface area contributed by atoms with Gasteiger partial charge in [-0.05, 0) is 82.2 Å². The molecule has 5 atom stereocenters. The molecule has 5 aliphatic rings. The Hall–Kier alpha value is -8.53. The van der Waals surface area contributed by atoms with Gasteiger partial charge in [-0.3, -0.25) is 43.5 Å². The van der Waals surface area contributed by atoms with Crippen molar-refractivity contribution in [2.75, 3.05) is 44.2 Å². The molecule has 0 saturated carbocycles. The minimum absolute atomic E-state index is 0.0325. The fourth-order valence-corrected chi connectivity index (χ4v) is 9.78. The topological polar surface area (TPSA) is 264 Å². The van der Waals surface area contributed by atoms with Crippen LogP contribution in [0.4, 0.5) is 21.9 Å². The van der Waals surface area contributed by atoms with Crippen molar-refractivity contribution < 1.29 is 67.1 Å². The van der Waals surface area contributed by atoms with Gasteiger partial charge in [0.2, 0.25) is 17.7 Å². The minimum atomic E-state index is -1.54. The number of benzene rings is 3. The number of unbranched alkanes of at least 4 members (excludes halogenated alkanes) is 2. The van der Waals surface area contributed by atoms with Gasteiger partial charge in [0.15, 0.2) is 29.2 Å².